The Morgan fingerprint density at radius 1 is 0.549 bits per heavy atom. The summed E-state index contributed by atoms with van der Waals surface area (Å²) in [6, 6.07) is -3.22. The minimum Gasteiger partial charge on any atom is -0.724 e. The summed E-state index contributed by atoms with van der Waals surface area (Å²) in [7, 11) is -9.75. The van der Waals surface area contributed by atoms with Crippen molar-refractivity contribution in [3.63, 3.8) is 0 Å². The molecule has 91 heavy (non-hydrogen) atoms. The van der Waals surface area contributed by atoms with Crippen LogP contribution in [0.2, 0.25) is 0 Å². The van der Waals surface area contributed by atoms with E-state index in [4.69, 9.17) is 17.8 Å². The second-order valence-corrected chi connectivity index (χ2v) is 28.2. The largest absolute Gasteiger partial charge is 0.724 e. The Bertz CT molecular complexity index is 2850. The van der Waals surface area contributed by atoms with Crippen molar-refractivity contribution in [2.45, 2.75) is 243 Å². The highest BCUT2D eigenvalue weighted by atomic mass is 32.3. The Labute approximate surface area is 535 Å². The summed E-state index contributed by atoms with van der Waals surface area (Å²) < 4.78 is 90.4. The Balaban J connectivity index is 0.000000146. The van der Waals surface area contributed by atoms with E-state index in [0.29, 0.717) is 90.2 Å². The number of nitrogens with zero attached hydrogens (tertiary/aromatic N) is 13. The highest BCUT2D eigenvalue weighted by Gasteiger charge is 2.51. The van der Waals surface area contributed by atoms with Gasteiger partial charge in [-0.05, 0) is 102 Å². The molecule has 6 amide bonds. The van der Waals surface area contributed by atoms with Gasteiger partial charge in [0.25, 0.3) is 0 Å². The summed E-state index contributed by atoms with van der Waals surface area (Å²) >= 11 is 0. The molecule has 0 radical (unpaired) electrons. The van der Waals surface area contributed by atoms with Gasteiger partial charge in [-0.3, -0.25) is 9.76 Å². The monoisotopic (exact) mass is 1320 g/mol. The Morgan fingerprint density at radius 2 is 0.945 bits per heavy atom. The van der Waals surface area contributed by atoms with Crippen molar-refractivity contribution >= 4 is 38.9 Å². The van der Waals surface area contributed by atoms with Crippen LogP contribution in [0.3, 0.4) is 0 Å². The number of carbonyl (C=O) groups excluding carboxylic acids is 3. The molecule has 4 N–H and O–H groups in total. The molecule has 2 aliphatic carbocycles. The number of piperidine rings is 3. The van der Waals surface area contributed by atoms with Crippen LogP contribution in [0.1, 0.15) is 235 Å². The van der Waals surface area contributed by atoms with Crippen molar-refractivity contribution in [2.24, 2.45) is 11.8 Å². The lowest BCUT2D eigenvalue weighted by molar-refractivity contribution is -0.929. The van der Waals surface area contributed by atoms with Gasteiger partial charge in [-0.15, -0.1) is 34.9 Å². The van der Waals surface area contributed by atoms with Crippen LogP contribution < -0.4 is 10.6 Å². The summed E-state index contributed by atoms with van der Waals surface area (Å²) in [5.74, 6) is 4.63. The van der Waals surface area contributed by atoms with Gasteiger partial charge in [0.1, 0.15) is 18.1 Å². The summed E-state index contributed by atoms with van der Waals surface area (Å²) in [5.41, 5.74) is 0. The second-order valence-electron chi connectivity index (χ2n) is 26.2. The fraction of sp³-hybridized carbons (Fsp3) is 0.847. The third-order valence-electron chi connectivity index (χ3n) is 19.6. The molecule has 10 heterocycles. The fourth-order valence-corrected chi connectivity index (χ4v) is 14.5. The molecule has 0 unspecified atom stereocenters. The normalized spacial score (nSPS) is 24.2. The average Bonchev–Trinajstić information content (AvgIpc) is 1.65. The number of fused-ring (bicyclic) bond motifs is 6. The molecule has 512 valence electrons. The minimum atomic E-state index is -4.99. The zero-order valence-electron chi connectivity index (χ0n) is 53.7. The number of aromatic nitrogens is 6. The Morgan fingerprint density at radius 3 is 1.32 bits per heavy atom. The number of hydrogen-bond donors (Lipinski definition) is 4. The number of quaternary nitrogens is 1. The first-order chi connectivity index (χ1) is 43.8. The van der Waals surface area contributed by atoms with E-state index in [2.05, 4.69) is 77.5 Å². The molecule has 9 aliphatic rings. The summed E-state index contributed by atoms with van der Waals surface area (Å²) in [4.78, 5) is 41.2. The molecule has 12 rings (SSSR count). The standard InChI is InChI=1S/C16H36N.C15H22N4O6S.C15H22N4O3.C13H20N6O6S/c1-5-9-13-17(14-10-6-2,15-11-7-3)16-12-8-4;20-15-18-9-11(19(15)25-26(21,22)23)7-8-12(18)14-17-16-13(24-14)6-2-5-10-3-1-4-10;20-15-18-9-11(19(15)21)7-8-12(18)14-17-16-13(22-14)6-2-5-10-3-1-4-10;20-13-18-7-9(19(13)25-26(21,22)23)1-2-10(18)12-17-16-11(24-12)3-4-15-8-5-14-6-8/h5-16H2,1-4H3;10-12H,1-9H2,(H,21,22,23);10-12,21H,1-9H2;8-10,14-15H,1-7H2,(H,21,22,23)/q+1;;;/p-1/t;2*11-,12+;9-,10+/m.111/s1. The van der Waals surface area contributed by atoms with E-state index in [1.807, 2.05) is 0 Å². The van der Waals surface area contributed by atoms with Crippen molar-refractivity contribution in [3.05, 3.63) is 35.3 Å². The smallest absolute Gasteiger partial charge is 0.418 e. The van der Waals surface area contributed by atoms with Crippen molar-refractivity contribution in [2.75, 3.05) is 65.4 Å². The number of hydroxylamine groups is 6. The van der Waals surface area contributed by atoms with Crippen LogP contribution in [0.5, 0.6) is 0 Å². The molecule has 6 bridgehead atoms. The van der Waals surface area contributed by atoms with E-state index in [-0.39, 0.29) is 31.2 Å². The molecular formula is C59H99N15O15S2. The van der Waals surface area contributed by atoms with E-state index < -0.39 is 57.0 Å². The van der Waals surface area contributed by atoms with Gasteiger partial charge in [0.2, 0.25) is 45.7 Å². The number of nitrogens with one attached hydrogen (secondary N) is 2. The van der Waals surface area contributed by atoms with Gasteiger partial charge in [-0.25, -0.2) is 27.9 Å². The Kier molecular flexibility index (Phi) is 25.3. The molecular weight excluding hydrogens is 1220 g/mol. The van der Waals surface area contributed by atoms with Crippen LogP contribution in [0.25, 0.3) is 0 Å². The number of aryl methyl sites for hydroxylation is 2. The van der Waals surface area contributed by atoms with Gasteiger partial charge in [0.15, 0.2) is 0 Å². The van der Waals surface area contributed by atoms with Gasteiger partial charge < -0.3 is 47.6 Å². The Hall–Kier alpha value is -5.19. The lowest BCUT2D eigenvalue weighted by Gasteiger charge is -2.39. The molecule has 7 aliphatic heterocycles. The maximum atomic E-state index is 12.4. The second kappa shape index (κ2) is 32.8. The molecule has 32 heteroatoms. The number of hydrogen-bond acceptors (Lipinski definition) is 22. The SMILES string of the molecule is CCCC[N+](CCCC)(CCCC)CCCC.O=C1N(O)[C@@H]2CC[C@@H](c3nnc(CCCC4CCC4)o3)N1C2.O=C1N2C[C@@H](CC[C@H]2c2nnc(CCCC3CCC3)o2)N1OS(=O)(=O)[O-].O=C1N2C[C@@H](CC[C@H]2c2nnc(CCNC3CNC3)o2)N1OS(=O)(=O)O. The first kappa shape index (κ1) is 70.1. The molecule has 3 aromatic rings. The van der Waals surface area contributed by atoms with Crippen molar-refractivity contribution in [1.29, 1.82) is 0 Å². The molecule has 6 atom stereocenters. The van der Waals surface area contributed by atoms with Crippen LogP contribution in [-0.4, -0.2) is 204 Å². The maximum absolute atomic E-state index is 12.4. The van der Waals surface area contributed by atoms with Gasteiger partial charge in [-0.2, -0.15) is 22.8 Å². The van der Waals surface area contributed by atoms with E-state index in [1.165, 1.54) is 143 Å². The third-order valence-corrected chi connectivity index (χ3v) is 20.3. The predicted molar refractivity (Wildman–Crippen MR) is 325 cm³/mol. The molecule has 0 aromatic carbocycles. The van der Waals surface area contributed by atoms with Crippen molar-refractivity contribution in [1.82, 2.24) is 71.1 Å². The number of unbranched alkanes of at least 4 members (excludes halogenated alkanes) is 4. The van der Waals surface area contributed by atoms with Gasteiger partial charge in [0.05, 0.1) is 44.3 Å². The van der Waals surface area contributed by atoms with E-state index in [0.717, 1.165) is 75.1 Å². The topological polar surface area (TPSA) is 362 Å². The van der Waals surface area contributed by atoms with Crippen LogP contribution in [-0.2, 0) is 48.6 Å². The number of amides is 6. The lowest BCUT2D eigenvalue weighted by Crippen LogP contribution is -2.55. The van der Waals surface area contributed by atoms with E-state index in [9.17, 15) is 41.0 Å². The van der Waals surface area contributed by atoms with Gasteiger partial charge in [0, 0.05) is 64.6 Å². The number of rotatable bonds is 31. The summed E-state index contributed by atoms with van der Waals surface area (Å²) in [6.45, 7) is 18.7. The van der Waals surface area contributed by atoms with E-state index >= 15 is 0 Å². The molecule has 9 fully saturated rings. The van der Waals surface area contributed by atoms with Gasteiger partial charge >= 0.3 is 28.5 Å². The van der Waals surface area contributed by atoms with Crippen molar-refractivity contribution < 1.29 is 71.8 Å². The van der Waals surface area contributed by atoms with Crippen molar-refractivity contribution in [3.8, 4) is 0 Å². The highest BCUT2D eigenvalue weighted by Crippen LogP contribution is 2.41. The number of urea groups is 3. The van der Waals surface area contributed by atoms with Crippen LogP contribution in [0, 0.1) is 11.8 Å². The zero-order chi connectivity index (χ0) is 64.7. The number of carbonyl (C=O) groups is 3. The van der Waals surface area contributed by atoms with Gasteiger partial charge in [-0.1, -0.05) is 91.9 Å². The molecule has 3 aromatic heterocycles. The summed E-state index contributed by atoms with van der Waals surface area (Å²) in [6.07, 6.45) is 29.4. The first-order valence-electron chi connectivity index (χ1n) is 33.8. The lowest BCUT2D eigenvalue weighted by atomic mass is 9.82. The maximum Gasteiger partial charge on any atom is 0.418 e. The van der Waals surface area contributed by atoms with Crippen LogP contribution in [0.4, 0.5) is 14.4 Å². The quantitative estimate of drug-likeness (QED) is 0.0206. The summed E-state index contributed by atoms with van der Waals surface area (Å²) in [5, 5.41) is 42.9. The molecule has 0 spiro atoms. The predicted octanol–water partition coefficient (Wildman–Crippen LogP) is 7.90. The first-order valence-corrected chi connectivity index (χ1v) is 36.5. The average molecular weight is 1320 g/mol. The van der Waals surface area contributed by atoms with E-state index in [1.54, 1.807) is 4.90 Å². The molecule has 7 saturated heterocycles. The zero-order valence-corrected chi connectivity index (χ0v) is 55.3. The molecule has 2 saturated carbocycles. The highest BCUT2D eigenvalue weighted by molar-refractivity contribution is 7.81. The van der Waals surface area contributed by atoms with Crippen LogP contribution in [0.15, 0.2) is 13.3 Å². The minimum absolute atomic E-state index is 0.0892. The third kappa shape index (κ3) is 19.0. The molecule has 30 nitrogen and oxygen atoms in total. The van der Waals surface area contributed by atoms with Crippen LogP contribution >= 0.6 is 0 Å². The fourth-order valence-electron chi connectivity index (χ4n) is 13.7.